The van der Waals surface area contributed by atoms with Gasteiger partial charge >= 0.3 is 0 Å². The lowest BCUT2D eigenvalue weighted by atomic mass is 10.2. The lowest BCUT2D eigenvalue weighted by Gasteiger charge is -1.96. The van der Waals surface area contributed by atoms with Gasteiger partial charge < -0.3 is 9.52 Å². The highest BCUT2D eigenvalue weighted by molar-refractivity contribution is 5.55. The van der Waals surface area contributed by atoms with Gasteiger partial charge in [0.1, 0.15) is 6.10 Å². The quantitative estimate of drug-likeness (QED) is 0.789. The molecule has 1 atom stereocenters. The number of hydrogen-bond donors (Lipinski definition) is 1. The first-order chi connectivity index (χ1) is 6.77. The van der Waals surface area contributed by atoms with Crippen molar-refractivity contribution in [3.63, 3.8) is 0 Å². The number of aromatic nitrogens is 1. The SMILES string of the molecule is CC(O)c1ncc(-c2ccccc2)o1. The Kier molecular flexibility index (Phi) is 2.33. The highest BCUT2D eigenvalue weighted by Crippen LogP contribution is 2.22. The molecule has 0 saturated heterocycles. The van der Waals surface area contributed by atoms with E-state index in [1.54, 1.807) is 13.1 Å². The van der Waals surface area contributed by atoms with Crippen molar-refractivity contribution in [1.82, 2.24) is 4.98 Å². The van der Waals surface area contributed by atoms with E-state index in [2.05, 4.69) is 4.98 Å². The Bertz CT molecular complexity index is 406. The Morgan fingerprint density at radius 1 is 1.29 bits per heavy atom. The zero-order valence-corrected chi connectivity index (χ0v) is 7.84. The molecule has 1 unspecified atom stereocenters. The van der Waals surface area contributed by atoms with Gasteiger partial charge in [0.25, 0.3) is 0 Å². The van der Waals surface area contributed by atoms with Crippen LogP contribution < -0.4 is 0 Å². The minimum atomic E-state index is -0.660. The minimum Gasteiger partial charge on any atom is -0.438 e. The molecule has 0 aliphatic carbocycles. The molecule has 1 aromatic heterocycles. The van der Waals surface area contributed by atoms with E-state index in [-0.39, 0.29) is 0 Å². The lowest BCUT2D eigenvalue weighted by Crippen LogP contribution is -1.88. The van der Waals surface area contributed by atoms with E-state index in [0.717, 1.165) is 5.56 Å². The average molecular weight is 189 g/mol. The molecule has 0 saturated carbocycles. The second-order valence-corrected chi connectivity index (χ2v) is 3.10. The summed E-state index contributed by atoms with van der Waals surface area (Å²) in [5, 5.41) is 9.23. The van der Waals surface area contributed by atoms with E-state index in [9.17, 15) is 5.11 Å². The average Bonchev–Trinajstić information content (AvgIpc) is 2.68. The van der Waals surface area contributed by atoms with Crippen LogP contribution in [0, 0.1) is 0 Å². The molecule has 0 amide bonds. The van der Waals surface area contributed by atoms with Crippen LogP contribution in [0.25, 0.3) is 11.3 Å². The van der Waals surface area contributed by atoms with E-state index in [4.69, 9.17) is 4.42 Å². The van der Waals surface area contributed by atoms with Gasteiger partial charge in [-0.3, -0.25) is 0 Å². The standard InChI is InChI=1S/C11H11NO2/c1-8(13)11-12-7-10(14-11)9-5-3-2-4-6-9/h2-8,13H,1H3. The van der Waals surface area contributed by atoms with Crippen LogP contribution in [0.3, 0.4) is 0 Å². The molecule has 0 bridgehead atoms. The first-order valence-electron chi connectivity index (χ1n) is 4.46. The Balaban J connectivity index is 2.34. The monoisotopic (exact) mass is 189 g/mol. The Morgan fingerprint density at radius 3 is 2.57 bits per heavy atom. The fourth-order valence-electron chi connectivity index (χ4n) is 1.22. The van der Waals surface area contributed by atoms with Gasteiger partial charge in [-0.1, -0.05) is 30.3 Å². The molecule has 3 nitrogen and oxygen atoms in total. The minimum absolute atomic E-state index is 0.351. The highest BCUT2D eigenvalue weighted by Gasteiger charge is 2.09. The fourth-order valence-corrected chi connectivity index (χ4v) is 1.22. The molecule has 0 radical (unpaired) electrons. The summed E-state index contributed by atoms with van der Waals surface area (Å²) < 4.78 is 5.37. The molecule has 1 aromatic carbocycles. The van der Waals surface area contributed by atoms with Gasteiger partial charge in [0.05, 0.1) is 6.20 Å². The highest BCUT2D eigenvalue weighted by atomic mass is 16.4. The van der Waals surface area contributed by atoms with Gasteiger partial charge in [-0.2, -0.15) is 0 Å². The number of oxazole rings is 1. The summed E-state index contributed by atoms with van der Waals surface area (Å²) in [5.74, 6) is 1.03. The van der Waals surface area contributed by atoms with Crippen molar-refractivity contribution in [3.05, 3.63) is 42.4 Å². The van der Waals surface area contributed by atoms with E-state index in [1.165, 1.54) is 0 Å². The molecule has 0 aliphatic rings. The number of nitrogens with zero attached hydrogens (tertiary/aromatic N) is 1. The summed E-state index contributed by atoms with van der Waals surface area (Å²) in [7, 11) is 0. The third-order valence-corrected chi connectivity index (χ3v) is 1.94. The van der Waals surface area contributed by atoms with Gasteiger partial charge in [0.2, 0.25) is 5.89 Å². The van der Waals surface area contributed by atoms with Crippen LogP contribution in [0.15, 0.2) is 40.9 Å². The lowest BCUT2D eigenvalue weighted by molar-refractivity contribution is 0.164. The number of aliphatic hydroxyl groups excluding tert-OH is 1. The van der Waals surface area contributed by atoms with Gasteiger partial charge in [-0.05, 0) is 6.92 Å². The number of benzene rings is 1. The van der Waals surface area contributed by atoms with Crippen molar-refractivity contribution in [3.8, 4) is 11.3 Å². The van der Waals surface area contributed by atoms with Gasteiger partial charge in [0.15, 0.2) is 5.76 Å². The molecule has 0 aliphatic heterocycles. The van der Waals surface area contributed by atoms with Crippen molar-refractivity contribution in [2.75, 3.05) is 0 Å². The van der Waals surface area contributed by atoms with E-state index in [0.29, 0.717) is 11.7 Å². The maximum atomic E-state index is 9.23. The number of aliphatic hydroxyl groups is 1. The third kappa shape index (κ3) is 1.67. The van der Waals surface area contributed by atoms with Crippen molar-refractivity contribution < 1.29 is 9.52 Å². The van der Waals surface area contributed by atoms with Crippen LogP contribution in [0.4, 0.5) is 0 Å². The van der Waals surface area contributed by atoms with E-state index in [1.807, 2.05) is 30.3 Å². The predicted octanol–water partition coefficient (Wildman–Crippen LogP) is 2.39. The van der Waals surface area contributed by atoms with E-state index < -0.39 is 6.10 Å². The first kappa shape index (κ1) is 8.97. The van der Waals surface area contributed by atoms with Crippen molar-refractivity contribution in [2.24, 2.45) is 0 Å². The summed E-state index contributed by atoms with van der Waals surface area (Å²) in [6.45, 7) is 1.63. The Morgan fingerprint density at radius 2 is 2.00 bits per heavy atom. The van der Waals surface area contributed by atoms with Crippen molar-refractivity contribution in [1.29, 1.82) is 0 Å². The van der Waals surface area contributed by atoms with E-state index >= 15 is 0 Å². The second-order valence-electron chi connectivity index (χ2n) is 3.10. The summed E-state index contributed by atoms with van der Waals surface area (Å²) >= 11 is 0. The zero-order chi connectivity index (χ0) is 9.97. The normalized spacial score (nSPS) is 12.7. The third-order valence-electron chi connectivity index (χ3n) is 1.94. The van der Waals surface area contributed by atoms with Crippen molar-refractivity contribution >= 4 is 0 Å². The molecule has 1 N–H and O–H groups in total. The van der Waals surface area contributed by atoms with Gasteiger partial charge in [-0.25, -0.2) is 4.98 Å². The zero-order valence-electron chi connectivity index (χ0n) is 7.84. The molecule has 0 fully saturated rings. The summed E-state index contributed by atoms with van der Waals surface area (Å²) in [4.78, 5) is 3.98. The number of rotatable bonds is 2. The maximum absolute atomic E-state index is 9.23. The Labute approximate surface area is 82.0 Å². The summed E-state index contributed by atoms with van der Waals surface area (Å²) in [6.07, 6.45) is 0.963. The largest absolute Gasteiger partial charge is 0.438 e. The fraction of sp³-hybridized carbons (Fsp3) is 0.182. The molecule has 1 heterocycles. The van der Waals surface area contributed by atoms with Crippen LogP contribution in [-0.4, -0.2) is 10.1 Å². The van der Waals surface area contributed by atoms with Gasteiger partial charge in [-0.15, -0.1) is 0 Å². The topological polar surface area (TPSA) is 46.3 Å². The van der Waals surface area contributed by atoms with Crippen LogP contribution >= 0.6 is 0 Å². The second kappa shape index (κ2) is 3.64. The molecule has 14 heavy (non-hydrogen) atoms. The molecule has 72 valence electrons. The van der Waals surface area contributed by atoms with Gasteiger partial charge in [0, 0.05) is 5.56 Å². The van der Waals surface area contributed by atoms with Crippen LogP contribution in [0.5, 0.6) is 0 Å². The molecule has 0 spiro atoms. The molecular formula is C11H11NO2. The number of hydrogen-bond acceptors (Lipinski definition) is 3. The first-order valence-corrected chi connectivity index (χ1v) is 4.46. The smallest absolute Gasteiger partial charge is 0.223 e. The summed E-state index contributed by atoms with van der Waals surface area (Å²) in [6, 6.07) is 9.67. The summed E-state index contributed by atoms with van der Waals surface area (Å²) in [5.41, 5.74) is 0.965. The van der Waals surface area contributed by atoms with Crippen molar-refractivity contribution in [2.45, 2.75) is 13.0 Å². The maximum Gasteiger partial charge on any atom is 0.223 e. The molecule has 2 aromatic rings. The molecular weight excluding hydrogens is 178 g/mol. The molecule has 2 rings (SSSR count). The van der Waals surface area contributed by atoms with Crippen LogP contribution in [0.2, 0.25) is 0 Å². The van der Waals surface area contributed by atoms with Crippen LogP contribution in [0.1, 0.15) is 18.9 Å². The Hall–Kier alpha value is -1.61. The van der Waals surface area contributed by atoms with Crippen LogP contribution in [-0.2, 0) is 0 Å². The molecule has 3 heteroatoms. The predicted molar refractivity (Wildman–Crippen MR) is 52.6 cm³/mol.